The molecule has 3 nitrogen and oxygen atoms in total. The molecule has 14 heavy (non-hydrogen) atoms. The van der Waals surface area contributed by atoms with Crippen molar-refractivity contribution in [3.63, 3.8) is 0 Å². The van der Waals surface area contributed by atoms with Crippen molar-refractivity contribution in [3.8, 4) is 11.5 Å². The maximum atomic E-state index is 9.75. The third-order valence-corrected chi connectivity index (χ3v) is 2.84. The van der Waals surface area contributed by atoms with E-state index in [2.05, 4.69) is 0 Å². The predicted octanol–water partition coefficient (Wildman–Crippen LogP) is 1.66. The normalized spacial score (nSPS) is 17.9. The lowest BCUT2D eigenvalue weighted by atomic mass is 10.0. The van der Waals surface area contributed by atoms with Gasteiger partial charge in [0, 0.05) is 11.1 Å². The number of benzene rings is 1. The van der Waals surface area contributed by atoms with Gasteiger partial charge in [0.15, 0.2) is 0 Å². The number of hydrogen-bond acceptors (Lipinski definition) is 3. The zero-order valence-electron chi connectivity index (χ0n) is 8.50. The molecule has 3 heteroatoms. The Hall–Kier alpha value is -1.22. The number of phenols is 1. The van der Waals surface area contributed by atoms with Gasteiger partial charge in [-0.05, 0) is 37.5 Å². The van der Waals surface area contributed by atoms with Gasteiger partial charge in [-0.3, -0.25) is 0 Å². The molecule has 0 amide bonds. The van der Waals surface area contributed by atoms with Gasteiger partial charge in [-0.15, -0.1) is 0 Å². The van der Waals surface area contributed by atoms with Crippen molar-refractivity contribution in [3.05, 3.63) is 23.3 Å². The lowest BCUT2D eigenvalue weighted by Gasteiger charge is -2.14. The van der Waals surface area contributed by atoms with E-state index in [-0.39, 0.29) is 11.3 Å². The minimum Gasteiger partial charge on any atom is -0.508 e. The molecule has 1 aliphatic rings. The minimum atomic E-state index is -0.314. The number of phenolic OH excluding ortho intramolecular Hbond substituents is 1. The molecule has 0 atom stereocenters. The van der Waals surface area contributed by atoms with Gasteiger partial charge in [-0.2, -0.15) is 0 Å². The van der Waals surface area contributed by atoms with Crippen molar-refractivity contribution in [1.82, 2.24) is 0 Å². The van der Waals surface area contributed by atoms with Gasteiger partial charge in [0.05, 0.1) is 7.11 Å². The van der Waals surface area contributed by atoms with E-state index in [0.717, 1.165) is 29.7 Å². The Balaban J connectivity index is 2.50. The molecule has 0 bridgehead atoms. The van der Waals surface area contributed by atoms with Gasteiger partial charge >= 0.3 is 0 Å². The van der Waals surface area contributed by atoms with Crippen LogP contribution in [0, 0.1) is 6.92 Å². The number of rotatable bonds is 2. The molecular weight excluding hydrogens is 178 g/mol. The molecule has 0 aliphatic heterocycles. The average molecular weight is 193 g/mol. The Morgan fingerprint density at radius 2 is 2.07 bits per heavy atom. The summed E-state index contributed by atoms with van der Waals surface area (Å²) in [5.41, 5.74) is 7.45. The second kappa shape index (κ2) is 2.89. The number of methoxy groups -OCH3 is 1. The summed E-state index contributed by atoms with van der Waals surface area (Å²) in [6, 6.07) is 3.55. The Morgan fingerprint density at radius 3 is 2.57 bits per heavy atom. The van der Waals surface area contributed by atoms with Crippen LogP contribution in [-0.2, 0) is 5.54 Å². The van der Waals surface area contributed by atoms with Crippen LogP contribution < -0.4 is 10.5 Å². The van der Waals surface area contributed by atoms with E-state index >= 15 is 0 Å². The fourth-order valence-electron chi connectivity index (χ4n) is 1.70. The summed E-state index contributed by atoms with van der Waals surface area (Å²) in [5.74, 6) is 1.07. The maximum Gasteiger partial charge on any atom is 0.122 e. The summed E-state index contributed by atoms with van der Waals surface area (Å²) in [6.07, 6.45) is 1.87. The summed E-state index contributed by atoms with van der Waals surface area (Å²) >= 11 is 0. The van der Waals surface area contributed by atoms with E-state index < -0.39 is 0 Å². The third-order valence-electron chi connectivity index (χ3n) is 2.84. The highest BCUT2D eigenvalue weighted by Gasteiger charge is 2.42. The van der Waals surface area contributed by atoms with E-state index in [1.807, 2.05) is 13.0 Å². The van der Waals surface area contributed by atoms with E-state index in [9.17, 15) is 5.11 Å². The number of aromatic hydroxyl groups is 1. The Bertz CT molecular complexity index is 370. The molecule has 1 saturated carbocycles. The van der Waals surface area contributed by atoms with E-state index in [0.29, 0.717) is 0 Å². The maximum absolute atomic E-state index is 9.75. The first-order chi connectivity index (χ1) is 6.57. The SMILES string of the molecule is COc1cc(C2(N)CC2)c(O)cc1C. The van der Waals surface area contributed by atoms with Crippen molar-refractivity contribution in [2.24, 2.45) is 5.73 Å². The zero-order chi connectivity index (χ0) is 10.3. The molecule has 1 aliphatic carbocycles. The molecule has 3 N–H and O–H groups in total. The number of ether oxygens (including phenoxy) is 1. The second-order valence-corrected chi connectivity index (χ2v) is 4.00. The van der Waals surface area contributed by atoms with E-state index in [1.54, 1.807) is 13.2 Å². The number of aryl methyl sites for hydroxylation is 1. The monoisotopic (exact) mass is 193 g/mol. The predicted molar refractivity (Wildman–Crippen MR) is 54.5 cm³/mol. The topological polar surface area (TPSA) is 55.5 Å². The lowest BCUT2D eigenvalue weighted by Crippen LogP contribution is -2.18. The first kappa shape index (κ1) is 9.34. The smallest absolute Gasteiger partial charge is 0.122 e. The van der Waals surface area contributed by atoms with Gasteiger partial charge in [0.1, 0.15) is 11.5 Å². The van der Waals surface area contributed by atoms with Gasteiger partial charge in [0.2, 0.25) is 0 Å². The van der Waals surface area contributed by atoms with Gasteiger partial charge in [-0.1, -0.05) is 0 Å². The molecule has 1 aromatic rings. The summed E-state index contributed by atoms with van der Waals surface area (Å²) in [4.78, 5) is 0. The van der Waals surface area contributed by atoms with Crippen LogP contribution in [0.25, 0.3) is 0 Å². The summed E-state index contributed by atoms with van der Waals surface area (Å²) in [5, 5.41) is 9.75. The van der Waals surface area contributed by atoms with Crippen LogP contribution in [0.3, 0.4) is 0 Å². The number of hydrogen-bond donors (Lipinski definition) is 2. The molecule has 0 spiro atoms. The molecule has 0 aromatic heterocycles. The molecule has 0 radical (unpaired) electrons. The molecule has 1 fully saturated rings. The molecular formula is C11H15NO2. The quantitative estimate of drug-likeness (QED) is 0.751. The highest BCUT2D eigenvalue weighted by molar-refractivity contribution is 5.50. The molecule has 0 saturated heterocycles. The van der Waals surface area contributed by atoms with Gasteiger partial charge in [0.25, 0.3) is 0 Å². The van der Waals surface area contributed by atoms with Crippen LogP contribution >= 0.6 is 0 Å². The molecule has 76 valence electrons. The molecule has 2 rings (SSSR count). The highest BCUT2D eigenvalue weighted by Crippen LogP contribution is 2.47. The Labute approximate surface area is 83.5 Å². The van der Waals surface area contributed by atoms with Crippen LogP contribution in [-0.4, -0.2) is 12.2 Å². The van der Waals surface area contributed by atoms with Crippen LogP contribution in [0.4, 0.5) is 0 Å². The van der Waals surface area contributed by atoms with Crippen LogP contribution in [0.5, 0.6) is 11.5 Å². The minimum absolute atomic E-state index is 0.281. The summed E-state index contributed by atoms with van der Waals surface area (Å²) in [6.45, 7) is 1.90. The fourth-order valence-corrected chi connectivity index (χ4v) is 1.70. The van der Waals surface area contributed by atoms with E-state index in [4.69, 9.17) is 10.5 Å². The molecule has 0 heterocycles. The summed E-state index contributed by atoms with van der Waals surface area (Å²) in [7, 11) is 1.62. The number of nitrogens with two attached hydrogens (primary N) is 1. The van der Waals surface area contributed by atoms with Crippen LogP contribution in [0.2, 0.25) is 0 Å². The second-order valence-electron chi connectivity index (χ2n) is 4.00. The highest BCUT2D eigenvalue weighted by atomic mass is 16.5. The summed E-state index contributed by atoms with van der Waals surface area (Å²) < 4.78 is 5.20. The van der Waals surface area contributed by atoms with Gasteiger partial charge < -0.3 is 15.6 Å². The van der Waals surface area contributed by atoms with Crippen molar-refractivity contribution >= 4 is 0 Å². The largest absolute Gasteiger partial charge is 0.508 e. The van der Waals surface area contributed by atoms with Gasteiger partial charge in [-0.25, -0.2) is 0 Å². The van der Waals surface area contributed by atoms with Crippen molar-refractivity contribution in [2.45, 2.75) is 25.3 Å². The Morgan fingerprint density at radius 1 is 1.43 bits per heavy atom. The Kier molecular flexibility index (Phi) is 1.93. The standard InChI is InChI=1S/C11H15NO2/c1-7-5-9(13)8(6-10(7)14-2)11(12)3-4-11/h5-6,13H,3-4,12H2,1-2H3. The average Bonchev–Trinajstić information content (AvgIpc) is 2.85. The first-order valence-electron chi connectivity index (χ1n) is 4.74. The van der Waals surface area contributed by atoms with Crippen LogP contribution in [0.15, 0.2) is 12.1 Å². The van der Waals surface area contributed by atoms with Crippen molar-refractivity contribution < 1.29 is 9.84 Å². The van der Waals surface area contributed by atoms with Crippen LogP contribution in [0.1, 0.15) is 24.0 Å². The van der Waals surface area contributed by atoms with Crippen molar-refractivity contribution in [2.75, 3.05) is 7.11 Å². The zero-order valence-corrected chi connectivity index (χ0v) is 8.50. The first-order valence-corrected chi connectivity index (χ1v) is 4.74. The van der Waals surface area contributed by atoms with Crippen molar-refractivity contribution in [1.29, 1.82) is 0 Å². The lowest BCUT2D eigenvalue weighted by molar-refractivity contribution is 0.405. The van der Waals surface area contributed by atoms with E-state index in [1.165, 1.54) is 0 Å². The third kappa shape index (κ3) is 1.34. The molecule has 1 aromatic carbocycles. The fraction of sp³-hybridized carbons (Fsp3) is 0.455. The molecule has 0 unspecified atom stereocenters.